The van der Waals surface area contributed by atoms with E-state index in [-0.39, 0.29) is 18.2 Å². The first-order valence-electron chi connectivity index (χ1n) is 7.47. The van der Waals surface area contributed by atoms with Crippen LogP contribution in [0.25, 0.3) is 9.40 Å². The molecule has 0 amide bonds. The van der Waals surface area contributed by atoms with Crippen LogP contribution in [0.3, 0.4) is 0 Å². The molecule has 0 aliphatic carbocycles. The van der Waals surface area contributed by atoms with Gasteiger partial charge in [-0.15, -0.1) is 22.7 Å². The summed E-state index contributed by atoms with van der Waals surface area (Å²) >= 11 is 8.97. The molecule has 0 fully saturated rings. The van der Waals surface area contributed by atoms with Crippen LogP contribution in [0.2, 0.25) is 5.02 Å². The summed E-state index contributed by atoms with van der Waals surface area (Å²) in [7, 11) is 0. The Kier molecular flexibility index (Phi) is 5.04. The number of ketones is 1. The van der Waals surface area contributed by atoms with Crippen molar-refractivity contribution in [2.24, 2.45) is 0 Å². The molecule has 0 spiro atoms. The van der Waals surface area contributed by atoms with Gasteiger partial charge >= 0.3 is 5.97 Å². The molecular formula is C18H15ClO3S2. The molecule has 0 aliphatic rings. The number of ether oxygens (including phenoxy) is 1. The van der Waals surface area contributed by atoms with Crippen molar-refractivity contribution < 1.29 is 14.3 Å². The van der Waals surface area contributed by atoms with Gasteiger partial charge in [0.25, 0.3) is 0 Å². The number of thiophene rings is 2. The van der Waals surface area contributed by atoms with Gasteiger partial charge in [0.1, 0.15) is 0 Å². The lowest BCUT2D eigenvalue weighted by atomic mass is 10.0. The fourth-order valence-corrected chi connectivity index (χ4v) is 5.19. The van der Waals surface area contributed by atoms with Crippen LogP contribution in [-0.2, 0) is 16.0 Å². The summed E-state index contributed by atoms with van der Waals surface area (Å²) in [4.78, 5) is 26.6. The number of benzene rings is 1. The van der Waals surface area contributed by atoms with Crippen molar-refractivity contribution in [2.45, 2.75) is 20.3 Å². The Bertz CT molecular complexity index is 906. The molecule has 0 unspecified atom stereocenters. The SMILES string of the molecule is CCOC(=O)Cc1c(C(=O)c2ccc(Cl)cc2)sc2sc(C)cc12. The van der Waals surface area contributed by atoms with Gasteiger partial charge in [0, 0.05) is 20.8 Å². The highest BCUT2D eigenvalue weighted by Crippen LogP contribution is 2.39. The molecule has 0 radical (unpaired) electrons. The molecule has 0 saturated carbocycles. The van der Waals surface area contributed by atoms with Crippen molar-refractivity contribution in [3.8, 4) is 0 Å². The van der Waals surface area contributed by atoms with Crippen LogP contribution in [0.1, 0.15) is 32.6 Å². The summed E-state index contributed by atoms with van der Waals surface area (Å²) in [6.45, 7) is 4.12. The van der Waals surface area contributed by atoms with Gasteiger partial charge in [0.15, 0.2) is 0 Å². The highest BCUT2D eigenvalue weighted by atomic mass is 35.5. The average molecular weight is 379 g/mol. The molecule has 0 aliphatic heterocycles. The van der Waals surface area contributed by atoms with Gasteiger partial charge in [0.05, 0.1) is 21.9 Å². The fourth-order valence-electron chi connectivity index (χ4n) is 2.50. The van der Waals surface area contributed by atoms with Crippen molar-refractivity contribution >= 4 is 55.4 Å². The van der Waals surface area contributed by atoms with E-state index in [0.717, 1.165) is 19.8 Å². The monoisotopic (exact) mass is 378 g/mol. The Morgan fingerprint density at radius 3 is 2.54 bits per heavy atom. The number of fused-ring (bicyclic) bond motifs is 1. The van der Waals surface area contributed by atoms with Gasteiger partial charge in [-0.1, -0.05) is 11.6 Å². The summed E-state index contributed by atoms with van der Waals surface area (Å²) in [6, 6.07) is 8.83. The summed E-state index contributed by atoms with van der Waals surface area (Å²) in [5.74, 6) is -0.400. The third-order valence-electron chi connectivity index (χ3n) is 3.55. The summed E-state index contributed by atoms with van der Waals surface area (Å²) in [6.07, 6.45) is 0.110. The molecule has 0 bridgehead atoms. The molecule has 3 rings (SSSR count). The number of esters is 1. The third-order valence-corrected chi connectivity index (χ3v) is 6.19. The molecule has 2 heterocycles. The summed E-state index contributed by atoms with van der Waals surface area (Å²) in [5, 5.41) is 1.56. The lowest BCUT2D eigenvalue weighted by Gasteiger charge is -2.05. The van der Waals surface area contributed by atoms with Crippen molar-refractivity contribution in [3.63, 3.8) is 0 Å². The first-order valence-corrected chi connectivity index (χ1v) is 9.48. The predicted octanol–water partition coefficient (Wildman–Crippen LogP) is 5.26. The Hall–Kier alpha value is -1.69. The zero-order chi connectivity index (χ0) is 17.3. The van der Waals surface area contributed by atoms with E-state index in [1.54, 1.807) is 42.5 Å². The third kappa shape index (κ3) is 3.38. The molecule has 6 heteroatoms. The van der Waals surface area contributed by atoms with Crippen LogP contribution in [0.4, 0.5) is 0 Å². The normalized spacial score (nSPS) is 11.0. The minimum absolute atomic E-state index is 0.0861. The molecule has 3 nitrogen and oxygen atoms in total. The van der Waals surface area contributed by atoms with Gasteiger partial charge in [-0.2, -0.15) is 0 Å². The Labute approximate surface area is 152 Å². The lowest BCUT2D eigenvalue weighted by Crippen LogP contribution is -2.10. The smallest absolute Gasteiger partial charge is 0.310 e. The molecular weight excluding hydrogens is 364 g/mol. The Morgan fingerprint density at radius 1 is 1.17 bits per heavy atom. The summed E-state index contributed by atoms with van der Waals surface area (Å²) in [5.41, 5.74) is 1.33. The van der Waals surface area contributed by atoms with Gasteiger partial charge in [-0.3, -0.25) is 9.59 Å². The topological polar surface area (TPSA) is 43.4 Å². The highest BCUT2D eigenvalue weighted by molar-refractivity contribution is 7.39. The maximum atomic E-state index is 12.9. The van der Waals surface area contributed by atoms with Crippen LogP contribution in [-0.4, -0.2) is 18.4 Å². The number of carbonyl (C=O) groups is 2. The minimum Gasteiger partial charge on any atom is -0.466 e. The molecule has 124 valence electrons. The Morgan fingerprint density at radius 2 is 1.88 bits per heavy atom. The van der Waals surface area contributed by atoms with Crippen LogP contribution >= 0.6 is 34.3 Å². The number of hydrogen-bond acceptors (Lipinski definition) is 5. The standard InChI is InChI=1S/C18H15ClO3S2/c1-3-22-15(20)9-13-14-8-10(2)23-18(14)24-17(13)16(21)11-4-6-12(19)7-5-11/h4-8H,3,9H2,1-2H3. The second-order valence-corrected chi connectivity index (χ2v) is 8.26. The van der Waals surface area contributed by atoms with E-state index in [1.165, 1.54) is 11.3 Å². The molecule has 3 aromatic rings. The average Bonchev–Trinajstić information content (AvgIpc) is 3.05. The maximum Gasteiger partial charge on any atom is 0.310 e. The number of carbonyl (C=O) groups excluding carboxylic acids is 2. The lowest BCUT2D eigenvalue weighted by molar-refractivity contribution is -0.142. The van der Waals surface area contributed by atoms with Crippen molar-refractivity contribution in [1.82, 2.24) is 0 Å². The molecule has 0 N–H and O–H groups in total. The molecule has 0 saturated heterocycles. The zero-order valence-electron chi connectivity index (χ0n) is 13.2. The van der Waals surface area contributed by atoms with Gasteiger partial charge < -0.3 is 4.74 Å². The van der Waals surface area contributed by atoms with Crippen LogP contribution < -0.4 is 0 Å². The van der Waals surface area contributed by atoms with E-state index in [9.17, 15) is 9.59 Å². The summed E-state index contributed by atoms with van der Waals surface area (Å²) < 4.78 is 6.13. The minimum atomic E-state index is -0.314. The van der Waals surface area contributed by atoms with E-state index < -0.39 is 0 Å². The van der Waals surface area contributed by atoms with Crippen LogP contribution in [0.5, 0.6) is 0 Å². The van der Waals surface area contributed by atoms with Crippen molar-refractivity contribution in [1.29, 1.82) is 0 Å². The van der Waals surface area contributed by atoms with Gasteiger partial charge in [-0.05, 0) is 49.7 Å². The highest BCUT2D eigenvalue weighted by Gasteiger charge is 2.23. The van der Waals surface area contributed by atoms with Crippen LogP contribution in [0.15, 0.2) is 30.3 Å². The van der Waals surface area contributed by atoms with Gasteiger partial charge in [0.2, 0.25) is 5.78 Å². The quantitative estimate of drug-likeness (QED) is 0.449. The fraction of sp³-hybridized carbons (Fsp3) is 0.222. The number of rotatable bonds is 5. The number of hydrogen-bond donors (Lipinski definition) is 0. The predicted molar refractivity (Wildman–Crippen MR) is 99.7 cm³/mol. The van der Waals surface area contributed by atoms with Gasteiger partial charge in [-0.25, -0.2) is 0 Å². The van der Waals surface area contributed by atoms with Crippen molar-refractivity contribution in [2.75, 3.05) is 6.61 Å². The largest absolute Gasteiger partial charge is 0.466 e. The first-order chi connectivity index (χ1) is 11.5. The zero-order valence-corrected chi connectivity index (χ0v) is 15.6. The van der Waals surface area contributed by atoms with E-state index in [2.05, 4.69) is 0 Å². The molecule has 1 aromatic carbocycles. The second kappa shape index (κ2) is 7.05. The van der Waals surface area contributed by atoms with Crippen LogP contribution in [0, 0.1) is 6.92 Å². The molecule has 24 heavy (non-hydrogen) atoms. The molecule has 0 atom stereocenters. The second-order valence-electron chi connectivity index (χ2n) is 5.29. The number of aryl methyl sites for hydroxylation is 1. The molecule has 2 aromatic heterocycles. The first kappa shape index (κ1) is 17.1. The van der Waals surface area contributed by atoms with E-state index in [1.807, 2.05) is 13.0 Å². The maximum absolute atomic E-state index is 12.9. The number of halogens is 1. The van der Waals surface area contributed by atoms with E-state index in [4.69, 9.17) is 16.3 Å². The Balaban J connectivity index is 2.05. The van der Waals surface area contributed by atoms with E-state index >= 15 is 0 Å². The van der Waals surface area contributed by atoms with Crippen molar-refractivity contribution in [3.05, 3.63) is 56.2 Å². The van der Waals surface area contributed by atoms with E-state index in [0.29, 0.717) is 22.1 Å².